The van der Waals surface area contributed by atoms with Crippen LogP contribution in [0.2, 0.25) is 0 Å². The van der Waals surface area contributed by atoms with Crippen molar-refractivity contribution in [2.24, 2.45) is 0 Å². The Labute approximate surface area is 210 Å². The molecule has 0 unspecified atom stereocenters. The smallest absolute Gasteiger partial charge is 0.0786 e. The summed E-state index contributed by atoms with van der Waals surface area (Å²) in [7, 11) is 0. The van der Waals surface area contributed by atoms with Gasteiger partial charge in [0, 0.05) is 0 Å². The van der Waals surface area contributed by atoms with Crippen LogP contribution in [0.3, 0.4) is 0 Å². The van der Waals surface area contributed by atoms with Crippen LogP contribution in [0.25, 0.3) is 0 Å². The summed E-state index contributed by atoms with van der Waals surface area (Å²) >= 11 is 0. The Balaban J connectivity index is 0. The zero-order valence-electron chi connectivity index (χ0n) is 21.8. The molecule has 0 radical (unpaired) electrons. The lowest BCUT2D eigenvalue weighted by Crippen LogP contribution is -3.00. The molecule has 30 heavy (non-hydrogen) atoms. The summed E-state index contributed by atoms with van der Waals surface area (Å²) in [6.45, 7) is 15.2. The summed E-state index contributed by atoms with van der Waals surface area (Å²) in [5, 5.41) is 0. The molecule has 0 N–H and O–H groups in total. The minimum absolute atomic E-state index is 0. The van der Waals surface area contributed by atoms with Gasteiger partial charge in [0.1, 0.15) is 0 Å². The van der Waals surface area contributed by atoms with E-state index in [-0.39, 0.29) is 24.0 Å². The molecule has 1 nitrogen and oxygen atoms in total. The highest BCUT2D eigenvalue weighted by Gasteiger charge is 2.24. The average Bonchev–Trinajstić information content (AvgIpc) is 2.74. The first kappa shape index (κ1) is 32.9. The molecular formula is C28H60IN. The van der Waals surface area contributed by atoms with Crippen LogP contribution >= 0.6 is 0 Å². The lowest BCUT2D eigenvalue weighted by molar-refractivity contribution is -0.929. The Morgan fingerprint density at radius 1 is 0.300 bits per heavy atom. The minimum atomic E-state index is 0. The van der Waals surface area contributed by atoms with Crippen LogP contribution in [-0.2, 0) is 0 Å². The third-order valence-corrected chi connectivity index (χ3v) is 6.94. The predicted molar refractivity (Wildman–Crippen MR) is 135 cm³/mol. The van der Waals surface area contributed by atoms with Gasteiger partial charge in [-0.05, 0) is 32.1 Å². The van der Waals surface area contributed by atoms with Gasteiger partial charge in [-0.25, -0.2) is 0 Å². The van der Waals surface area contributed by atoms with Gasteiger partial charge in [0.25, 0.3) is 0 Å². The topological polar surface area (TPSA) is 0 Å². The van der Waals surface area contributed by atoms with Gasteiger partial charge in [-0.1, -0.05) is 124 Å². The van der Waals surface area contributed by atoms with E-state index < -0.39 is 0 Å². The molecule has 0 aliphatic rings. The monoisotopic (exact) mass is 537 g/mol. The maximum Gasteiger partial charge on any atom is 0.0786 e. The number of hydrogen-bond donors (Lipinski definition) is 0. The van der Waals surface area contributed by atoms with Crippen molar-refractivity contribution in [3.8, 4) is 0 Å². The summed E-state index contributed by atoms with van der Waals surface area (Å²) in [4.78, 5) is 0. The average molecular weight is 538 g/mol. The van der Waals surface area contributed by atoms with Crippen LogP contribution in [0.5, 0.6) is 0 Å². The lowest BCUT2D eigenvalue weighted by Gasteiger charge is -2.39. The van der Waals surface area contributed by atoms with Gasteiger partial charge in [-0.3, -0.25) is 0 Å². The van der Waals surface area contributed by atoms with E-state index in [4.69, 9.17) is 0 Å². The summed E-state index contributed by atoms with van der Waals surface area (Å²) in [5.74, 6) is 0. The molecule has 2 heteroatoms. The van der Waals surface area contributed by atoms with E-state index in [1.165, 1.54) is 159 Å². The van der Waals surface area contributed by atoms with Gasteiger partial charge < -0.3 is 28.5 Å². The third kappa shape index (κ3) is 20.6. The zero-order valence-corrected chi connectivity index (χ0v) is 24.0. The maximum atomic E-state index is 2.36. The fourth-order valence-corrected chi connectivity index (χ4v) is 4.79. The van der Waals surface area contributed by atoms with E-state index in [2.05, 4.69) is 27.7 Å². The van der Waals surface area contributed by atoms with Crippen LogP contribution in [0.1, 0.15) is 156 Å². The van der Waals surface area contributed by atoms with Crippen LogP contribution in [0.15, 0.2) is 0 Å². The van der Waals surface area contributed by atoms with Crippen LogP contribution in [0.4, 0.5) is 0 Å². The molecule has 0 aromatic carbocycles. The zero-order chi connectivity index (χ0) is 21.5. The van der Waals surface area contributed by atoms with E-state index in [0.717, 1.165) is 0 Å². The Hall–Kier alpha value is 0.690. The van der Waals surface area contributed by atoms with E-state index >= 15 is 0 Å². The van der Waals surface area contributed by atoms with Gasteiger partial charge in [-0.2, -0.15) is 0 Å². The molecule has 0 saturated heterocycles. The number of rotatable bonds is 24. The van der Waals surface area contributed by atoms with Gasteiger partial charge in [0.2, 0.25) is 0 Å². The van der Waals surface area contributed by atoms with E-state index in [0.29, 0.717) is 0 Å². The molecule has 0 aromatic heterocycles. The summed E-state index contributed by atoms with van der Waals surface area (Å²) < 4.78 is 1.44. The first-order chi connectivity index (χ1) is 14.2. The highest BCUT2D eigenvalue weighted by atomic mass is 127. The Kier molecular flexibility index (Phi) is 28.4. The fraction of sp³-hybridized carbons (Fsp3) is 1.00. The number of unbranched alkanes of at least 4 members (excludes halogenated alkanes) is 16. The second-order valence-electron chi connectivity index (χ2n) is 9.89. The van der Waals surface area contributed by atoms with Crippen molar-refractivity contribution in [1.29, 1.82) is 0 Å². The van der Waals surface area contributed by atoms with Crippen molar-refractivity contribution in [2.75, 3.05) is 26.2 Å². The molecule has 0 amide bonds. The van der Waals surface area contributed by atoms with Gasteiger partial charge >= 0.3 is 0 Å². The van der Waals surface area contributed by atoms with Crippen molar-refractivity contribution < 1.29 is 28.5 Å². The largest absolute Gasteiger partial charge is 1.00 e. The second kappa shape index (κ2) is 25.9. The number of quaternary nitrogens is 1. The molecule has 184 valence electrons. The molecule has 0 saturated carbocycles. The molecule has 0 spiro atoms. The summed E-state index contributed by atoms with van der Waals surface area (Å²) in [6.07, 6.45) is 28.9. The van der Waals surface area contributed by atoms with Crippen molar-refractivity contribution in [3.05, 3.63) is 0 Å². The molecule has 0 atom stereocenters. The van der Waals surface area contributed by atoms with Crippen molar-refractivity contribution >= 4 is 0 Å². The quantitative estimate of drug-likeness (QED) is 0.0731. The Morgan fingerprint density at radius 3 is 0.833 bits per heavy atom. The Bertz CT molecular complexity index is 283. The van der Waals surface area contributed by atoms with Gasteiger partial charge in [0.15, 0.2) is 0 Å². The van der Waals surface area contributed by atoms with E-state index in [9.17, 15) is 0 Å². The first-order valence-electron chi connectivity index (χ1n) is 14.1. The number of halogens is 1. The van der Waals surface area contributed by atoms with Gasteiger partial charge in [0.05, 0.1) is 26.2 Å². The minimum Gasteiger partial charge on any atom is -1.00 e. The highest BCUT2D eigenvalue weighted by Crippen LogP contribution is 2.18. The molecular weight excluding hydrogens is 477 g/mol. The molecule has 0 aliphatic heterocycles. The highest BCUT2D eigenvalue weighted by molar-refractivity contribution is 4.52. The van der Waals surface area contributed by atoms with Crippen molar-refractivity contribution in [1.82, 2.24) is 0 Å². The molecule has 0 fully saturated rings. The van der Waals surface area contributed by atoms with Gasteiger partial charge in [-0.15, -0.1) is 0 Å². The number of nitrogens with zero attached hydrogens (tertiary/aromatic N) is 1. The lowest BCUT2D eigenvalue weighted by atomic mass is 10.0. The van der Waals surface area contributed by atoms with Crippen molar-refractivity contribution in [3.63, 3.8) is 0 Å². The van der Waals surface area contributed by atoms with Crippen molar-refractivity contribution in [2.45, 2.75) is 156 Å². The van der Waals surface area contributed by atoms with Crippen LogP contribution < -0.4 is 24.0 Å². The molecule has 0 rings (SSSR count). The molecule has 0 heterocycles. The SMILES string of the molecule is CCCCCCCCCCCCCCCC[N+](CCCC)(CCCC)CCCC.[I-]. The molecule has 0 aliphatic carbocycles. The Morgan fingerprint density at radius 2 is 0.533 bits per heavy atom. The predicted octanol–water partition coefficient (Wildman–Crippen LogP) is 6.69. The maximum absolute atomic E-state index is 2.36. The van der Waals surface area contributed by atoms with E-state index in [1.54, 1.807) is 0 Å². The summed E-state index contributed by atoms with van der Waals surface area (Å²) in [5.41, 5.74) is 0. The second-order valence-corrected chi connectivity index (χ2v) is 9.89. The normalized spacial score (nSPS) is 11.6. The third-order valence-electron chi connectivity index (χ3n) is 6.94. The first-order valence-corrected chi connectivity index (χ1v) is 14.1. The van der Waals surface area contributed by atoms with E-state index in [1.807, 2.05) is 0 Å². The molecule has 0 aromatic rings. The standard InChI is InChI=1S/C28H60N.HI/c1-5-9-13-14-15-16-17-18-19-20-21-22-23-24-28-29(25-10-6-2,26-11-7-3)27-12-8-4;/h5-28H2,1-4H3;1H/q+1;/p-1. The molecule has 0 bridgehead atoms. The summed E-state index contributed by atoms with van der Waals surface area (Å²) in [6, 6.07) is 0. The number of hydrogen-bond acceptors (Lipinski definition) is 0. The van der Waals surface area contributed by atoms with Crippen LogP contribution in [-0.4, -0.2) is 30.7 Å². The fourth-order valence-electron chi connectivity index (χ4n) is 4.79. The van der Waals surface area contributed by atoms with Crippen LogP contribution in [0, 0.1) is 0 Å².